The standard InChI is InChI=1S/C24H22N2O3S.C21H13N3O2S/c1-24(2,3)29-23(27)21-13-19-20(14-26(28)15-22(19)30-21)25-18-11-9-17(10-12-18)16-7-5-4-6-8-16;22-11-17-20-16(10-19(27-20)21(25)26)18(12-23-17)24-15-8-6-14(7-9-15)13-4-2-1-3-5-13/h4-15,25H,1-3H3;1-10,12,24H,(H,25,26). The number of rotatable bonds is 8. The van der Waals surface area contributed by atoms with Gasteiger partial charge in [-0.25, -0.2) is 14.6 Å². The Balaban J connectivity index is 0.000000175. The van der Waals surface area contributed by atoms with Gasteiger partial charge in [-0.3, -0.25) is 0 Å². The van der Waals surface area contributed by atoms with E-state index in [1.807, 2.05) is 112 Å². The van der Waals surface area contributed by atoms with E-state index in [1.165, 1.54) is 23.7 Å². The third-order valence-electron chi connectivity index (χ3n) is 8.57. The number of thiophene rings is 2. The number of carbonyl (C=O) groups is 2. The van der Waals surface area contributed by atoms with Crippen molar-refractivity contribution in [3.8, 4) is 28.3 Å². The van der Waals surface area contributed by atoms with Crippen LogP contribution in [-0.4, -0.2) is 27.6 Å². The fourth-order valence-electron chi connectivity index (χ4n) is 5.96. The average molecular weight is 790 g/mol. The van der Waals surface area contributed by atoms with E-state index in [2.05, 4.69) is 39.9 Å². The summed E-state index contributed by atoms with van der Waals surface area (Å²) >= 11 is 2.31. The van der Waals surface area contributed by atoms with Crippen molar-refractivity contribution in [2.45, 2.75) is 26.4 Å². The molecule has 0 aliphatic carbocycles. The van der Waals surface area contributed by atoms with Crippen LogP contribution in [0.2, 0.25) is 0 Å². The van der Waals surface area contributed by atoms with Gasteiger partial charge >= 0.3 is 11.9 Å². The van der Waals surface area contributed by atoms with E-state index < -0.39 is 11.6 Å². The Morgan fingerprint density at radius 1 is 0.737 bits per heavy atom. The second-order valence-corrected chi connectivity index (χ2v) is 16.0. The minimum absolute atomic E-state index is 0.178. The fourth-order valence-corrected chi connectivity index (χ4v) is 7.89. The normalized spacial score (nSPS) is 11.0. The number of nitrogens with zero attached hydrogens (tertiary/aromatic N) is 3. The predicted octanol–water partition coefficient (Wildman–Crippen LogP) is 11.2. The number of carboxylic acids is 1. The molecule has 4 aromatic heterocycles. The Morgan fingerprint density at radius 2 is 1.26 bits per heavy atom. The summed E-state index contributed by atoms with van der Waals surface area (Å²) in [6, 6.07) is 41.5. The average Bonchev–Trinajstić information content (AvgIpc) is 3.86. The number of anilines is 4. The first-order valence-electron chi connectivity index (χ1n) is 17.7. The van der Waals surface area contributed by atoms with Crippen LogP contribution < -0.4 is 15.4 Å². The quantitative estimate of drug-likeness (QED) is 0.0776. The van der Waals surface area contributed by atoms with Gasteiger partial charge in [-0.05, 0) is 79.4 Å². The molecule has 0 unspecified atom stereocenters. The highest BCUT2D eigenvalue weighted by Crippen LogP contribution is 2.36. The van der Waals surface area contributed by atoms with E-state index in [9.17, 15) is 25.2 Å². The number of fused-ring (bicyclic) bond motifs is 2. The first-order chi connectivity index (χ1) is 27.4. The van der Waals surface area contributed by atoms with Gasteiger partial charge in [0, 0.05) is 22.1 Å². The number of benzene rings is 4. The third-order valence-corrected chi connectivity index (χ3v) is 10.8. The highest BCUT2D eigenvalue weighted by Gasteiger charge is 2.22. The van der Waals surface area contributed by atoms with Crippen LogP contribution in [0.25, 0.3) is 42.4 Å². The van der Waals surface area contributed by atoms with E-state index >= 15 is 0 Å². The first-order valence-corrected chi connectivity index (χ1v) is 19.4. The number of carboxylic acid groups (broad SMARTS) is 1. The van der Waals surface area contributed by atoms with Gasteiger partial charge in [0.1, 0.15) is 31.8 Å². The molecule has 57 heavy (non-hydrogen) atoms. The molecule has 12 heteroatoms. The van der Waals surface area contributed by atoms with Crippen LogP contribution >= 0.6 is 22.7 Å². The van der Waals surface area contributed by atoms with Crippen molar-refractivity contribution in [2.75, 3.05) is 10.6 Å². The van der Waals surface area contributed by atoms with Crippen LogP contribution in [-0.2, 0) is 4.74 Å². The van der Waals surface area contributed by atoms with Crippen LogP contribution in [0.5, 0.6) is 0 Å². The monoisotopic (exact) mass is 789 g/mol. The number of ether oxygens (including phenoxy) is 1. The van der Waals surface area contributed by atoms with Crippen LogP contribution in [0.15, 0.2) is 140 Å². The zero-order chi connectivity index (χ0) is 40.1. The summed E-state index contributed by atoms with van der Waals surface area (Å²) in [7, 11) is 0. The molecule has 0 atom stereocenters. The number of pyridine rings is 2. The summed E-state index contributed by atoms with van der Waals surface area (Å²) in [5.74, 6) is -1.41. The van der Waals surface area contributed by atoms with Crippen LogP contribution in [0.1, 0.15) is 45.8 Å². The molecule has 0 aliphatic rings. The van der Waals surface area contributed by atoms with Crippen molar-refractivity contribution in [3.05, 3.63) is 161 Å². The molecule has 0 saturated carbocycles. The van der Waals surface area contributed by atoms with E-state index in [0.29, 0.717) is 26.3 Å². The summed E-state index contributed by atoms with van der Waals surface area (Å²) in [4.78, 5) is 28.5. The molecule has 0 spiro atoms. The number of hydrogen-bond acceptors (Lipinski definition) is 10. The third kappa shape index (κ3) is 9.08. The largest absolute Gasteiger partial charge is 0.619 e. The van der Waals surface area contributed by atoms with Gasteiger partial charge in [0.2, 0.25) is 6.20 Å². The van der Waals surface area contributed by atoms with Crippen molar-refractivity contribution in [3.63, 3.8) is 0 Å². The van der Waals surface area contributed by atoms with Gasteiger partial charge in [0.25, 0.3) is 0 Å². The molecular weight excluding hydrogens is 755 g/mol. The molecule has 4 heterocycles. The number of carbonyl (C=O) groups excluding carboxylic acids is 1. The minimum atomic E-state index is -1.02. The van der Waals surface area contributed by atoms with Gasteiger partial charge in [-0.15, -0.1) is 22.7 Å². The fraction of sp³-hybridized carbons (Fsp3) is 0.0889. The Bertz CT molecular complexity index is 2750. The Kier molecular flexibility index (Phi) is 11.0. The second kappa shape index (κ2) is 16.3. The molecule has 10 nitrogen and oxygen atoms in total. The lowest BCUT2D eigenvalue weighted by molar-refractivity contribution is -0.603. The Labute approximate surface area is 336 Å². The molecule has 4 aromatic carbocycles. The highest BCUT2D eigenvalue weighted by atomic mass is 32.1. The molecule has 0 fully saturated rings. The molecule has 8 aromatic rings. The summed E-state index contributed by atoms with van der Waals surface area (Å²) in [6.07, 6.45) is 4.50. The molecule has 8 rings (SSSR count). The van der Waals surface area contributed by atoms with Gasteiger partial charge < -0.3 is 25.7 Å². The SMILES string of the molecule is CC(C)(C)OC(=O)c1cc2c(Nc3ccc(-c4ccccc4)cc3)c[n+]([O-])cc2s1.N#Cc1ncc(Nc2ccc(-c3ccccc3)cc2)c2cc(C(=O)O)sc12. The highest BCUT2D eigenvalue weighted by molar-refractivity contribution is 7.21. The van der Waals surface area contributed by atoms with Crippen molar-refractivity contribution in [2.24, 2.45) is 0 Å². The lowest BCUT2D eigenvalue weighted by Crippen LogP contribution is -2.24. The number of hydrogen-bond donors (Lipinski definition) is 3. The molecule has 3 N–H and O–H groups in total. The smallest absolute Gasteiger partial charge is 0.348 e. The van der Waals surface area contributed by atoms with E-state index in [-0.39, 0.29) is 16.5 Å². The molecule has 0 aliphatic heterocycles. The zero-order valence-electron chi connectivity index (χ0n) is 31.0. The molecule has 282 valence electrons. The molecule has 0 amide bonds. The number of aromatic carboxylic acids is 1. The number of aromatic nitrogens is 2. The Morgan fingerprint density at radius 3 is 1.79 bits per heavy atom. The van der Waals surface area contributed by atoms with Crippen LogP contribution in [0, 0.1) is 16.5 Å². The molecular formula is C45H35N5O5S2. The lowest BCUT2D eigenvalue weighted by atomic mass is 10.1. The van der Waals surface area contributed by atoms with Crippen molar-refractivity contribution in [1.29, 1.82) is 5.26 Å². The number of esters is 1. The second-order valence-electron chi connectivity index (χ2n) is 13.8. The summed E-state index contributed by atoms with van der Waals surface area (Å²) in [6.45, 7) is 5.49. The Hall–Kier alpha value is -7.07. The molecule has 0 radical (unpaired) electrons. The van der Waals surface area contributed by atoms with E-state index in [4.69, 9.17) is 4.74 Å². The maximum Gasteiger partial charge on any atom is 0.348 e. The first kappa shape index (κ1) is 38.2. The minimum Gasteiger partial charge on any atom is -0.619 e. The molecule has 0 saturated heterocycles. The van der Waals surface area contributed by atoms with Crippen molar-refractivity contribution in [1.82, 2.24) is 4.98 Å². The summed E-state index contributed by atoms with van der Waals surface area (Å²) in [5, 5.41) is 38.6. The van der Waals surface area contributed by atoms with Gasteiger partial charge in [-0.1, -0.05) is 84.9 Å². The summed E-state index contributed by atoms with van der Waals surface area (Å²) in [5.41, 5.74) is 7.16. The lowest BCUT2D eigenvalue weighted by Gasteiger charge is -2.18. The predicted molar refractivity (Wildman–Crippen MR) is 228 cm³/mol. The number of nitrogens with one attached hydrogen (secondary N) is 2. The van der Waals surface area contributed by atoms with Gasteiger partial charge in [-0.2, -0.15) is 9.99 Å². The van der Waals surface area contributed by atoms with Crippen LogP contribution in [0.3, 0.4) is 0 Å². The molecule has 0 bridgehead atoms. The topological polar surface area (TPSA) is 151 Å². The van der Waals surface area contributed by atoms with E-state index in [1.54, 1.807) is 18.3 Å². The number of nitriles is 1. The van der Waals surface area contributed by atoms with Crippen LogP contribution in [0.4, 0.5) is 22.7 Å². The van der Waals surface area contributed by atoms with Gasteiger partial charge in [0.15, 0.2) is 11.9 Å². The summed E-state index contributed by atoms with van der Waals surface area (Å²) < 4.78 is 7.50. The van der Waals surface area contributed by atoms with Crippen molar-refractivity contribution >= 4 is 77.5 Å². The van der Waals surface area contributed by atoms with Crippen molar-refractivity contribution < 1.29 is 24.2 Å². The zero-order valence-corrected chi connectivity index (χ0v) is 32.7. The maximum absolute atomic E-state index is 12.4. The van der Waals surface area contributed by atoms with Gasteiger partial charge in [0.05, 0.1) is 16.6 Å². The maximum atomic E-state index is 12.4. The van der Waals surface area contributed by atoms with E-state index in [0.717, 1.165) is 59.8 Å².